The Labute approximate surface area is 165 Å². The van der Waals surface area contributed by atoms with Gasteiger partial charge in [-0.05, 0) is 26.0 Å². The molecular formula is C23H27N3O2. The van der Waals surface area contributed by atoms with Gasteiger partial charge >= 0.3 is 0 Å². The van der Waals surface area contributed by atoms with Crippen LogP contribution < -0.4 is 5.32 Å². The molecule has 2 saturated heterocycles. The number of para-hydroxylation sites is 2. The number of piperazine rings is 1. The molecule has 1 atom stereocenters. The number of amides is 1. The first-order chi connectivity index (χ1) is 13.6. The summed E-state index contributed by atoms with van der Waals surface area (Å²) in [6.07, 6.45) is 2.57. The van der Waals surface area contributed by atoms with Gasteiger partial charge in [0.2, 0.25) is 5.91 Å². The van der Waals surface area contributed by atoms with Gasteiger partial charge in [0.1, 0.15) is 11.2 Å². The van der Waals surface area contributed by atoms with Crippen molar-refractivity contribution >= 4 is 27.8 Å². The zero-order valence-corrected chi connectivity index (χ0v) is 16.4. The molecule has 1 amide bonds. The highest BCUT2D eigenvalue weighted by atomic mass is 16.3. The van der Waals surface area contributed by atoms with E-state index < -0.39 is 0 Å². The molecule has 28 heavy (non-hydrogen) atoms. The number of nitrogens with one attached hydrogen (secondary N) is 1. The third kappa shape index (κ3) is 2.99. The molecule has 5 rings (SSSR count). The second-order valence-corrected chi connectivity index (χ2v) is 8.35. The molecule has 3 aromatic rings. The van der Waals surface area contributed by atoms with Crippen molar-refractivity contribution in [3.8, 4) is 0 Å². The first-order valence-electron chi connectivity index (χ1n) is 10.2. The molecule has 1 N–H and O–H groups in total. The Morgan fingerprint density at radius 3 is 2.86 bits per heavy atom. The molecule has 2 fully saturated rings. The highest BCUT2D eigenvalue weighted by Crippen LogP contribution is 2.34. The van der Waals surface area contributed by atoms with Crippen molar-refractivity contribution < 1.29 is 9.21 Å². The van der Waals surface area contributed by atoms with Crippen LogP contribution in [0.4, 0.5) is 0 Å². The van der Waals surface area contributed by atoms with E-state index >= 15 is 0 Å². The molecule has 1 spiro atoms. The topological polar surface area (TPSA) is 48.7 Å². The summed E-state index contributed by atoms with van der Waals surface area (Å²) in [4.78, 5) is 16.9. The van der Waals surface area contributed by atoms with E-state index in [4.69, 9.17) is 4.42 Å². The van der Waals surface area contributed by atoms with Crippen molar-refractivity contribution in [2.24, 2.45) is 0 Å². The Bertz CT molecular complexity index is 1030. The highest BCUT2D eigenvalue weighted by Gasteiger charge is 2.40. The Balaban J connectivity index is 1.44. The van der Waals surface area contributed by atoms with Crippen LogP contribution in [0.1, 0.15) is 24.8 Å². The number of hydrogen-bond acceptors (Lipinski definition) is 4. The maximum Gasteiger partial charge on any atom is 0.220 e. The molecule has 2 aromatic carbocycles. The summed E-state index contributed by atoms with van der Waals surface area (Å²) < 4.78 is 6.23. The van der Waals surface area contributed by atoms with Gasteiger partial charge in [0, 0.05) is 61.0 Å². The second kappa shape index (κ2) is 6.90. The van der Waals surface area contributed by atoms with Crippen molar-refractivity contribution in [1.82, 2.24) is 15.1 Å². The molecule has 0 bridgehead atoms. The average Bonchev–Trinajstić information content (AvgIpc) is 2.99. The van der Waals surface area contributed by atoms with E-state index in [9.17, 15) is 4.79 Å². The predicted octanol–water partition coefficient (Wildman–Crippen LogP) is 3.37. The van der Waals surface area contributed by atoms with Crippen LogP contribution in [0.5, 0.6) is 0 Å². The smallest absolute Gasteiger partial charge is 0.220 e. The SMILES string of the molecule is CN1CCN(Cc2cccc3c2oc2ccccc23)C[C@@]12CCNC(=O)CC2. The van der Waals surface area contributed by atoms with E-state index in [2.05, 4.69) is 52.5 Å². The number of hydrogen-bond donors (Lipinski definition) is 1. The fourth-order valence-corrected chi connectivity index (χ4v) is 4.98. The maximum absolute atomic E-state index is 11.9. The standard InChI is InChI=1S/C23H27N3O2/c1-25-13-14-26(16-23(25)10-9-21(27)24-12-11-23)15-17-5-4-7-19-18-6-2-3-8-20(18)28-22(17)19/h2-8H,9-16H2,1H3,(H,24,27)/t23-/m1/s1. The molecule has 0 saturated carbocycles. The van der Waals surface area contributed by atoms with Crippen LogP contribution in [0, 0.1) is 0 Å². The number of furan rings is 1. The van der Waals surface area contributed by atoms with Gasteiger partial charge in [-0.15, -0.1) is 0 Å². The van der Waals surface area contributed by atoms with E-state index in [1.54, 1.807) is 0 Å². The lowest BCUT2D eigenvalue weighted by Gasteiger charge is -2.49. The van der Waals surface area contributed by atoms with Crippen LogP contribution in [0.25, 0.3) is 21.9 Å². The average molecular weight is 377 g/mol. The number of benzene rings is 2. The molecule has 0 unspecified atom stereocenters. The minimum absolute atomic E-state index is 0.0825. The number of rotatable bonds is 2. The summed E-state index contributed by atoms with van der Waals surface area (Å²) in [5, 5.41) is 5.42. The molecule has 0 aliphatic carbocycles. The minimum atomic E-state index is 0.0825. The van der Waals surface area contributed by atoms with E-state index in [-0.39, 0.29) is 11.4 Å². The Hall–Kier alpha value is -2.37. The largest absolute Gasteiger partial charge is 0.456 e. The predicted molar refractivity (Wildman–Crippen MR) is 111 cm³/mol. The normalized spacial score (nSPS) is 24.7. The molecule has 0 radical (unpaired) electrons. The molecule has 2 aliphatic heterocycles. The van der Waals surface area contributed by atoms with E-state index in [1.807, 2.05) is 12.1 Å². The molecule has 1 aromatic heterocycles. The lowest BCUT2D eigenvalue weighted by molar-refractivity contribution is -0.121. The van der Waals surface area contributed by atoms with E-state index in [0.29, 0.717) is 6.42 Å². The maximum atomic E-state index is 11.9. The second-order valence-electron chi connectivity index (χ2n) is 8.35. The van der Waals surface area contributed by atoms with Gasteiger partial charge < -0.3 is 9.73 Å². The van der Waals surface area contributed by atoms with Crippen molar-refractivity contribution in [2.75, 3.05) is 33.2 Å². The Morgan fingerprint density at radius 1 is 1.07 bits per heavy atom. The van der Waals surface area contributed by atoms with Gasteiger partial charge in [-0.3, -0.25) is 14.6 Å². The summed E-state index contributed by atoms with van der Waals surface area (Å²) in [6, 6.07) is 14.7. The van der Waals surface area contributed by atoms with E-state index in [0.717, 1.165) is 56.7 Å². The lowest BCUT2D eigenvalue weighted by atomic mass is 9.86. The van der Waals surface area contributed by atoms with Crippen molar-refractivity contribution in [3.05, 3.63) is 48.0 Å². The summed E-state index contributed by atoms with van der Waals surface area (Å²) in [5.41, 5.74) is 3.29. The molecule has 3 heterocycles. The van der Waals surface area contributed by atoms with Crippen LogP contribution in [-0.2, 0) is 11.3 Å². The Kier molecular flexibility index (Phi) is 4.37. The molecule has 5 heteroatoms. The van der Waals surface area contributed by atoms with Crippen LogP contribution in [0.3, 0.4) is 0 Å². The molecule has 5 nitrogen and oxygen atoms in total. The summed E-state index contributed by atoms with van der Waals surface area (Å²) in [6.45, 7) is 4.72. The monoisotopic (exact) mass is 377 g/mol. The van der Waals surface area contributed by atoms with Gasteiger partial charge in [0.25, 0.3) is 0 Å². The Morgan fingerprint density at radius 2 is 1.93 bits per heavy atom. The summed E-state index contributed by atoms with van der Waals surface area (Å²) in [7, 11) is 2.22. The highest BCUT2D eigenvalue weighted by molar-refractivity contribution is 6.05. The lowest BCUT2D eigenvalue weighted by Crippen LogP contribution is -2.60. The fourth-order valence-electron chi connectivity index (χ4n) is 4.98. The quantitative estimate of drug-likeness (QED) is 0.744. The third-order valence-corrected chi connectivity index (χ3v) is 6.69. The minimum Gasteiger partial charge on any atom is -0.456 e. The van der Waals surface area contributed by atoms with Crippen molar-refractivity contribution in [2.45, 2.75) is 31.3 Å². The first-order valence-corrected chi connectivity index (χ1v) is 10.2. The summed E-state index contributed by atoms with van der Waals surface area (Å²) in [5.74, 6) is 0.189. The van der Waals surface area contributed by atoms with Crippen molar-refractivity contribution in [1.29, 1.82) is 0 Å². The molecule has 2 aliphatic rings. The van der Waals surface area contributed by atoms with Crippen LogP contribution in [0.15, 0.2) is 46.9 Å². The number of likely N-dealkylation sites (N-methyl/N-ethyl adjacent to an activating group) is 1. The zero-order chi connectivity index (χ0) is 19.1. The van der Waals surface area contributed by atoms with E-state index in [1.165, 1.54) is 16.3 Å². The molecular weight excluding hydrogens is 350 g/mol. The first kappa shape index (κ1) is 17.7. The van der Waals surface area contributed by atoms with Gasteiger partial charge in [0.05, 0.1) is 0 Å². The van der Waals surface area contributed by atoms with Crippen molar-refractivity contribution in [3.63, 3.8) is 0 Å². The number of fused-ring (bicyclic) bond motifs is 3. The number of carbonyl (C=O) groups is 1. The van der Waals surface area contributed by atoms with Gasteiger partial charge in [-0.25, -0.2) is 0 Å². The third-order valence-electron chi connectivity index (χ3n) is 6.69. The van der Waals surface area contributed by atoms with Crippen LogP contribution >= 0.6 is 0 Å². The van der Waals surface area contributed by atoms with Crippen LogP contribution in [-0.4, -0.2) is 54.5 Å². The number of carbonyl (C=O) groups excluding carboxylic acids is 1. The number of nitrogens with zero attached hydrogens (tertiary/aromatic N) is 2. The molecule has 146 valence electrons. The van der Waals surface area contributed by atoms with Crippen LogP contribution in [0.2, 0.25) is 0 Å². The summed E-state index contributed by atoms with van der Waals surface area (Å²) >= 11 is 0. The zero-order valence-electron chi connectivity index (χ0n) is 16.4. The fraction of sp³-hybridized carbons (Fsp3) is 0.435. The van der Waals surface area contributed by atoms with Gasteiger partial charge in [-0.2, -0.15) is 0 Å². The van der Waals surface area contributed by atoms with Gasteiger partial charge in [-0.1, -0.05) is 36.4 Å². The van der Waals surface area contributed by atoms with Gasteiger partial charge in [0.15, 0.2) is 0 Å².